The first-order chi connectivity index (χ1) is 13.7. The van der Waals surface area contributed by atoms with Gasteiger partial charge in [0.2, 0.25) is 0 Å². The van der Waals surface area contributed by atoms with E-state index in [9.17, 15) is 9.50 Å². The van der Waals surface area contributed by atoms with Gasteiger partial charge in [0.05, 0.1) is 23.0 Å². The minimum atomic E-state index is -0.387. The van der Waals surface area contributed by atoms with Crippen LogP contribution < -0.4 is 5.43 Å². The molecule has 6 nitrogen and oxygen atoms in total. The average Bonchev–Trinajstić information content (AvgIpc) is 3.08. The number of nitrogens with one attached hydrogen (secondary N) is 1. The summed E-state index contributed by atoms with van der Waals surface area (Å²) >= 11 is 6.42. The van der Waals surface area contributed by atoms with Crippen molar-refractivity contribution in [3.8, 4) is 11.1 Å². The summed E-state index contributed by atoms with van der Waals surface area (Å²) in [6, 6.07) is 5.17. The number of piperidine rings is 1. The molecule has 2 N–H and O–H groups in total. The highest BCUT2D eigenvalue weighted by molar-refractivity contribution is 6.33. The van der Waals surface area contributed by atoms with Crippen LogP contribution in [0.1, 0.15) is 33.6 Å². The van der Waals surface area contributed by atoms with Crippen molar-refractivity contribution in [2.45, 2.75) is 45.3 Å². The summed E-state index contributed by atoms with van der Waals surface area (Å²) in [6.07, 6.45) is 4.59. The minimum absolute atomic E-state index is 0.232. The van der Waals surface area contributed by atoms with Crippen molar-refractivity contribution in [3.05, 3.63) is 41.6 Å². The molecule has 3 aromatic rings. The third-order valence-corrected chi connectivity index (χ3v) is 5.46. The number of fused-ring (bicyclic) bond motifs is 1. The Morgan fingerprint density at radius 3 is 2.76 bits per heavy atom. The quantitative estimate of drug-likeness (QED) is 0.660. The van der Waals surface area contributed by atoms with E-state index in [4.69, 9.17) is 11.6 Å². The average molecular weight is 418 g/mol. The monoisotopic (exact) mass is 417 g/mol. The second kappa shape index (κ2) is 7.55. The third-order valence-electron chi connectivity index (χ3n) is 5.16. The van der Waals surface area contributed by atoms with Crippen LogP contribution in [0.15, 0.2) is 30.7 Å². The Morgan fingerprint density at radius 2 is 2.03 bits per heavy atom. The Balaban J connectivity index is 1.73. The summed E-state index contributed by atoms with van der Waals surface area (Å²) in [4.78, 5) is 8.58. The van der Waals surface area contributed by atoms with E-state index in [1.807, 2.05) is 42.5 Å². The highest BCUT2D eigenvalue weighted by Gasteiger charge is 2.21. The van der Waals surface area contributed by atoms with E-state index in [2.05, 4.69) is 15.4 Å². The fourth-order valence-electron chi connectivity index (χ4n) is 3.70. The van der Waals surface area contributed by atoms with Gasteiger partial charge in [-0.25, -0.2) is 19.4 Å². The van der Waals surface area contributed by atoms with Gasteiger partial charge in [0, 0.05) is 30.4 Å². The molecule has 3 heterocycles. The predicted octanol–water partition coefficient (Wildman–Crippen LogP) is 4.43. The zero-order valence-electron chi connectivity index (χ0n) is 16.8. The summed E-state index contributed by atoms with van der Waals surface area (Å²) in [5, 5.41) is 12.2. The van der Waals surface area contributed by atoms with Gasteiger partial charge < -0.3 is 15.1 Å². The van der Waals surface area contributed by atoms with Gasteiger partial charge in [-0.2, -0.15) is 0 Å². The van der Waals surface area contributed by atoms with Crippen LogP contribution in [0.5, 0.6) is 0 Å². The van der Waals surface area contributed by atoms with E-state index in [0.29, 0.717) is 39.5 Å². The molecule has 1 unspecified atom stereocenters. The van der Waals surface area contributed by atoms with Crippen LogP contribution in [0.25, 0.3) is 22.2 Å². The fraction of sp³-hybridized carbons (Fsp3) is 0.429. The topological polar surface area (TPSA) is 66.2 Å². The van der Waals surface area contributed by atoms with Crippen LogP contribution in [0.3, 0.4) is 0 Å². The SMILES string of the molecule is CC(C)(C)n1cnc2c(F)cc(-c3cc(NN4CCCC(O)C4)ncc3Cl)cc21. The molecule has 29 heavy (non-hydrogen) atoms. The maximum Gasteiger partial charge on any atom is 0.151 e. The molecule has 0 saturated carbocycles. The molecular formula is C21H25ClFN5O. The van der Waals surface area contributed by atoms with Gasteiger partial charge in [0.15, 0.2) is 5.82 Å². The number of hydrogen-bond acceptors (Lipinski definition) is 5. The lowest BCUT2D eigenvalue weighted by molar-refractivity contribution is 0.0836. The lowest BCUT2D eigenvalue weighted by Crippen LogP contribution is -2.41. The molecule has 0 bridgehead atoms. The smallest absolute Gasteiger partial charge is 0.151 e. The number of benzene rings is 1. The van der Waals surface area contributed by atoms with Crippen LogP contribution in [0, 0.1) is 5.82 Å². The summed E-state index contributed by atoms with van der Waals surface area (Å²) in [5.74, 6) is 0.213. The second-order valence-electron chi connectivity index (χ2n) is 8.51. The highest BCUT2D eigenvalue weighted by atomic mass is 35.5. The zero-order chi connectivity index (χ0) is 20.8. The number of hydrazine groups is 1. The molecule has 1 saturated heterocycles. The molecule has 1 aromatic carbocycles. The molecule has 2 aromatic heterocycles. The predicted molar refractivity (Wildman–Crippen MR) is 113 cm³/mol. The van der Waals surface area contributed by atoms with Crippen molar-refractivity contribution < 1.29 is 9.50 Å². The van der Waals surface area contributed by atoms with Crippen molar-refractivity contribution in [2.24, 2.45) is 0 Å². The molecule has 0 radical (unpaired) electrons. The zero-order valence-corrected chi connectivity index (χ0v) is 17.5. The first-order valence-corrected chi connectivity index (χ1v) is 10.1. The first kappa shape index (κ1) is 20.1. The molecule has 0 aliphatic carbocycles. The van der Waals surface area contributed by atoms with Gasteiger partial charge >= 0.3 is 0 Å². The van der Waals surface area contributed by atoms with E-state index < -0.39 is 0 Å². The molecular weight excluding hydrogens is 393 g/mol. The molecule has 1 aliphatic heterocycles. The standard InChI is InChI=1S/C21H25ClFN5O/c1-21(2,3)28-12-25-20-17(23)7-13(8-18(20)28)15-9-19(24-10-16(15)22)26-27-6-4-5-14(29)11-27/h7-10,12,14,29H,4-6,11H2,1-3H3,(H,24,26). The Kier molecular flexibility index (Phi) is 5.23. The van der Waals surface area contributed by atoms with Crippen LogP contribution in [-0.4, -0.2) is 43.8 Å². The van der Waals surface area contributed by atoms with E-state index in [1.54, 1.807) is 12.5 Å². The summed E-state index contributed by atoms with van der Waals surface area (Å²) in [7, 11) is 0. The van der Waals surface area contributed by atoms with Crippen molar-refractivity contribution in [2.75, 3.05) is 18.5 Å². The Labute approximate surface area is 174 Å². The number of imidazole rings is 1. The van der Waals surface area contributed by atoms with E-state index >= 15 is 0 Å². The summed E-state index contributed by atoms with van der Waals surface area (Å²) in [5.41, 5.74) is 5.40. The summed E-state index contributed by atoms with van der Waals surface area (Å²) < 4.78 is 16.8. The lowest BCUT2D eigenvalue weighted by Gasteiger charge is -2.30. The van der Waals surface area contributed by atoms with E-state index in [-0.39, 0.29) is 17.5 Å². The van der Waals surface area contributed by atoms with Crippen molar-refractivity contribution >= 4 is 28.5 Å². The molecule has 1 fully saturated rings. The van der Waals surface area contributed by atoms with Crippen molar-refractivity contribution in [1.82, 2.24) is 19.5 Å². The lowest BCUT2D eigenvalue weighted by atomic mass is 10.0. The van der Waals surface area contributed by atoms with Crippen molar-refractivity contribution in [1.29, 1.82) is 0 Å². The van der Waals surface area contributed by atoms with Gasteiger partial charge in [-0.3, -0.25) is 0 Å². The largest absolute Gasteiger partial charge is 0.392 e. The Hall–Kier alpha value is -2.22. The fourth-order valence-corrected chi connectivity index (χ4v) is 3.92. The molecule has 0 spiro atoms. The van der Waals surface area contributed by atoms with E-state index in [1.165, 1.54) is 6.07 Å². The van der Waals surface area contributed by atoms with Crippen molar-refractivity contribution in [3.63, 3.8) is 0 Å². The number of β-amino-alcohol motifs (C(OH)–C–C–N with tert-alkyl or cyclic N) is 1. The van der Waals surface area contributed by atoms with Gasteiger partial charge in [-0.15, -0.1) is 0 Å². The number of hydrogen-bond donors (Lipinski definition) is 2. The maximum atomic E-state index is 14.8. The number of nitrogens with zero attached hydrogens (tertiary/aromatic N) is 4. The number of aliphatic hydroxyl groups is 1. The normalized spacial score (nSPS) is 18.3. The second-order valence-corrected chi connectivity index (χ2v) is 8.92. The van der Waals surface area contributed by atoms with Gasteiger partial charge in [0.1, 0.15) is 11.3 Å². The molecule has 4 rings (SSSR count). The van der Waals surface area contributed by atoms with Crippen LogP contribution in [0.4, 0.5) is 10.2 Å². The van der Waals surface area contributed by atoms with Crippen LogP contribution >= 0.6 is 11.6 Å². The number of pyridine rings is 1. The van der Waals surface area contributed by atoms with Crippen LogP contribution in [-0.2, 0) is 5.54 Å². The third kappa shape index (κ3) is 4.08. The Bertz CT molecular complexity index is 1050. The molecule has 0 amide bonds. The minimum Gasteiger partial charge on any atom is -0.392 e. The number of halogens is 2. The van der Waals surface area contributed by atoms with Crippen LogP contribution in [0.2, 0.25) is 5.02 Å². The number of aromatic nitrogens is 3. The van der Waals surface area contributed by atoms with E-state index in [0.717, 1.165) is 19.4 Å². The molecule has 1 aliphatic rings. The molecule has 1 atom stereocenters. The highest BCUT2D eigenvalue weighted by Crippen LogP contribution is 2.34. The summed E-state index contributed by atoms with van der Waals surface area (Å²) in [6.45, 7) is 7.50. The first-order valence-electron chi connectivity index (χ1n) is 9.75. The van der Waals surface area contributed by atoms with Gasteiger partial charge in [-0.1, -0.05) is 11.6 Å². The number of anilines is 1. The number of rotatable bonds is 3. The van der Waals surface area contributed by atoms with Gasteiger partial charge in [0.25, 0.3) is 0 Å². The van der Waals surface area contributed by atoms with Gasteiger partial charge in [-0.05, 0) is 57.4 Å². The molecule has 154 valence electrons. The Morgan fingerprint density at radius 1 is 1.24 bits per heavy atom. The molecule has 8 heteroatoms. The number of aliphatic hydroxyl groups excluding tert-OH is 1. The maximum absolute atomic E-state index is 14.8.